The van der Waals surface area contributed by atoms with Crippen LogP contribution in [0.1, 0.15) is 30.2 Å². The molecule has 1 aromatic heterocycles. The lowest BCUT2D eigenvalue weighted by Crippen LogP contribution is -2.09. The summed E-state index contributed by atoms with van der Waals surface area (Å²) < 4.78 is 0. The van der Waals surface area contributed by atoms with E-state index >= 15 is 0 Å². The molecule has 0 spiro atoms. The van der Waals surface area contributed by atoms with Gasteiger partial charge in [-0.2, -0.15) is 0 Å². The van der Waals surface area contributed by atoms with Gasteiger partial charge in [-0.3, -0.25) is 5.41 Å². The minimum absolute atomic E-state index is 0.160. The fraction of sp³-hybridized carbons (Fsp3) is 0.375. The summed E-state index contributed by atoms with van der Waals surface area (Å²) in [5, 5.41) is 9.10. The second kappa shape index (κ2) is 3.05. The number of thiophene rings is 1. The topological polar surface area (TPSA) is 49.9 Å². The van der Waals surface area contributed by atoms with E-state index in [0.29, 0.717) is 5.92 Å². The number of rotatable bonds is 2. The summed E-state index contributed by atoms with van der Waals surface area (Å²) in [5.74, 6) is 0.696. The van der Waals surface area contributed by atoms with Crippen LogP contribution in [0.3, 0.4) is 0 Å². The van der Waals surface area contributed by atoms with E-state index in [2.05, 4.69) is 13.8 Å². The zero-order valence-electron chi connectivity index (χ0n) is 6.72. The van der Waals surface area contributed by atoms with E-state index in [1.807, 2.05) is 11.4 Å². The van der Waals surface area contributed by atoms with Crippen LogP contribution in [-0.4, -0.2) is 5.84 Å². The number of hydrogen-bond acceptors (Lipinski definition) is 2. The van der Waals surface area contributed by atoms with Gasteiger partial charge in [-0.1, -0.05) is 13.8 Å². The maximum Gasteiger partial charge on any atom is 0.123 e. The Hall–Kier alpha value is -0.830. The van der Waals surface area contributed by atoms with Crippen LogP contribution in [0.4, 0.5) is 0 Å². The Bertz CT molecular complexity index is 263. The first kappa shape index (κ1) is 8.27. The first-order valence-corrected chi connectivity index (χ1v) is 4.42. The number of nitrogens with two attached hydrogens (primary N) is 1. The van der Waals surface area contributed by atoms with Crippen molar-refractivity contribution in [3.05, 3.63) is 21.9 Å². The number of amidine groups is 1. The summed E-state index contributed by atoms with van der Waals surface area (Å²) >= 11 is 1.67. The molecule has 11 heavy (non-hydrogen) atoms. The molecule has 1 heterocycles. The molecule has 0 aliphatic rings. The highest BCUT2D eigenvalue weighted by molar-refractivity contribution is 7.10. The predicted molar refractivity (Wildman–Crippen MR) is 49.4 cm³/mol. The van der Waals surface area contributed by atoms with Crippen LogP contribution in [0, 0.1) is 5.41 Å². The molecule has 0 aromatic carbocycles. The monoisotopic (exact) mass is 168 g/mol. The molecule has 0 unspecified atom stereocenters. The minimum atomic E-state index is 0.160. The highest BCUT2D eigenvalue weighted by Gasteiger charge is 2.04. The van der Waals surface area contributed by atoms with Crippen molar-refractivity contribution in [2.24, 2.45) is 5.73 Å². The third-order valence-corrected chi connectivity index (χ3v) is 2.73. The van der Waals surface area contributed by atoms with Gasteiger partial charge in [-0.05, 0) is 12.0 Å². The normalized spacial score (nSPS) is 10.5. The zero-order valence-corrected chi connectivity index (χ0v) is 7.53. The lowest BCUT2D eigenvalue weighted by molar-refractivity contribution is 0.889. The molecule has 2 nitrogen and oxygen atoms in total. The molecule has 0 radical (unpaired) electrons. The van der Waals surface area contributed by atoms with Gasteiger partial charge in [0.15, 0.2) is 0 Å². The SMILES string of the molecule is CC(C)c1cc(C(=N)N)cs1. The molecular formula is C8H12N2S. The van der Waals surface area contributed by atoms with Gasteiger partial charge >= 0.3 is 0 Å². The van der Waals surface area contributed by atoms with E-state index < -0.39 is 0 Å². The molecule has 3 N–H and O–H groups in total. The predicted octanol–water partition coefficient (Wildman–Crippen LogP) is 2.16. The van der Waals surface area contributed by atoms with Crippen LogP contribution in [0.25, 0.3) is 0 Å². The maximum atomic E-state index is 7.17. The Labute approximate surface area is 70.6 Å². The summed E-state index contributed by atoms with van der Waals surface area (Å²) in [6.45, 7) is 4.27. The first-order chi connectivity index (χ1) is 5.11. The van der Waals surface area contributed by atoms with E-state index in [-0.39, 0.29) is 5.84 Å². The van der Waals surface area contributed by atoms with Gasteiger partial charge in [0.25, 0.3) is 0 Å². The molecule has 60 valence electrons. The second-order valence-corrected chi connectivity index (χ2v) is 3.75. The van der Waals surface area contributed by atoms with Crippen LogP contribution < -0.4 is 5.73 Å². The molecule has 0 fully saturated rings. The van der Waals surface area contributed by atoms with E-state index in [1.54, 1.807) is 11.3 Å². The Morgan fingerprint density at radius 2 is 2.27 bits per heavy atom. The summed E-state index contributed by atoms with van der Waals surface area (Å²) in [6.07, 6.45) is 0. The van der Waals surface area contributed by atoms with Gasteiger partial charge in [0.05, 0.1) is 0 Å². The van der Waals surface area contributed by atoms with Crippen molar-refractivity contribution in [3.63, 3.8) is 0 Å². The Kier molecular flexibility index (Phi) is 2.29. The van der Waals surface area contributed by atoms with Crippen molar-refractivity contribution >= 4 is 17.2 Å². The standard InChI is InChI=1S/C8H12N2S/c1-5(2)7-3-6(4-11-7)8(9)10/h3-5H,1-2H3,(H3,9,10). The molecule has 0 aliphatic heterocycles. The van der Waals surface area contributed by atoms with Gasteiger partial charge in [-0.25, -0.2) is 0 Å². The van der Waals surface area contributed by atoms with Crippen LogP contribution >= 0.6 is 11.3 Å². The third kappa shape index (κ3) is 1.80. The second-order valence-electron chi connectivity index (χ2n) is 2.81. The molecule has 0 amide bonds. The summed E-state index contributed by atoms with van der Waals surface area (Å²) in [7, 11) is 0. The van der Waals surface area contributed by atoms with Gasteiger partial charge in [0.1, 0.15) is 5.84 Å². The van der Waals surface area contributed by atoms with Crippen molar-refractivity contribution in [3.8, 4) is 0 Å². The molecule has 0 atom stereocenters. The van der Waals surface area contributed by atoms with Crippen LogP contribution in [0.2, 0.25) is 0 Å². The fourth-order valence-electron chi connectivity index (χ4n) is 0.797. The summed E-state index contributed by atoms with van der Waals surface area (Å²) in [5.41, 5.74) is 6.16. The molecular weight excluding hydrogens is 156 g/mol. The Morgan fingerprint density at radius 1 is 1.64 bits per heavy atom. The average molecular weight is 168 g/mol. The molecule has 0 saturated carbocycles. The zero-order chi connectivity index (χ0) is 8.43. The van der Waals surface area contributed by atoms with Gasteiger partial charge in [0, 0.05) is 15.8 Å². The van der Waals surface area contributed by atoms with E-state index in [9.17, 15) is 0 Å². The highest BCUT2D eigenvalue weighted by atomic mass is 32.1. The van der Waals surface area contributed by atoms with Gasteiger partial charge in [-0.15, -0.1) is 11.3 Å². The van der Waals surface area contributed by atoms with Crippen molar-refractivity contribution < 1.29 is 0 Å². The molecule has 1 rings (SSSR count). The number of hydrogen-bond donors (Lipinski definition) is 2. The maximum absolute atomic E-state index is 7.17. The number of nitrogen functional groups attached to an aromatic ring is 1. The molecule has 0 aliphatic carbocycles. The first-order valence-electron chi connectivity index (χ1n) is 3.54. The largest absolute Gasteiger partial charge is 0.384 e. The fourth-order valence-corrected chi connectivity index (χ4v) is 1.72. The Balaban J connectivity index is 2.90. The van der Waals surface area contributed by atoms with Gasteiger partial charge < -0.3 is 5.73 Å². The van der Waals surface area contributed by atoms with Crippen LogP contribution in [-0.2, 0) is 0 Å². The molecule has 0 saturated heterocycles. The van der Waals surface area contributed by atoms with E-state index in [1.165, 1.54) is 4.88 Å². The number of nitrogens with one attached hydrogen (secondary N) is 1. The molecule has 1 aromatic rings. The van der Waals surface area contributed by atoms with Crippen molar-refractivity contribution in [2.45, 2.75) is 19.8 Å². The van der Waals surface area contributed by atoms with Crippen LogP contribution in [0.15, 0.2) is 11.4 Å². The summed E-state index contributed by atoms with van der Waals surface area (Å²) in [6, 6.07) is 1.98. The average Bonchev–Trinajstić information content (AvgIpc) is 2.33. The lowest BCUT2D eigenvalue weighted by atomic mass is 10.1. The van der Waals surface area contributed by atoms with Crippen molar-refractivity contribution in [2.75, 3.05) is 0 Å². The smallest absolute Gasteiger partial charge is 0.123 e. The van der Waals surface area contributed by atoms with E-state index in [0.717, 1.165) is 5.56 Å². The third-order valence-electron chi connectivity index (χ3n) is 1.50. The lowest BCUT2D eigenvalue weighted by Gasteiger charge is -1.96. The van der Waals surface area contributed by atoms with Crippen molar-refractivity contribution in [1.82, 2.24) is 0 Å². The molecule has 0 bridgehead atoms. The minimum Gasteiger partial charge on any atom is -0.384 e. The highest BCUT2D eigenvalue weighted by Crippen LogP contribution is 2.22. The molecule has 3 heteroatoms. The Morgan fingerprint density at radius 3 is 2.55 bits per heavy atom. The van der Waals surface area contributed by atoms with E-state index in [4.69, 9.17) is 11.1 Å². The van der Waals surface area contributed by atoms with Crippen LogP contribution in [0.5, 0.6) is 0 Å². The van der Waals surface area contributed by atoms with Gasteiger partial charge in [0.2, 0.25) is 0 Å². The summed E-state index contributed by atoms with van der Waals surface area (Å²) in [4.78, 5) is 1.29. The van der Waals surface area contributed by atoms with Crippen molar-refractivity contribution in [1.29, 1.82) is 5.41 Å². The quantitative estimate of drug-likeness (QED) is 0.516.